The SMILES string of the molecule is Cc1ccccc1C(=O)Nc1ccc(S(=O)(=O)N[C@H]2CCN(Cc3ccccc3)C[C@@H]2C)c2c1CCC2.Cc1ccccc1C(=O)Nc1ccc(S(=O)(=O)N[C@H]2CCN(Cc3ccccc3)C[C@H]2C)c2c1CCC2. The zero-order valence-corrected chi connectivity index (χ0v) is 44.7. The minimum absolute atomic E-state index is 0.102. The van der Waals surface area contributed by atoms with Gasteiger partial charge in [0.15, 0.2) is 0 Å². The van der Waals surface area contributed by atoms with Crippen molar-refractivity contribution in [3.05, 3.63) is 189 Å². The van der Waals surface area contributed by atoms with Crippen molar-refractivity contribution in [1.82, 2.24) is 19.2 Å². The summed E-state index contributed by atoms with van der Waals surface area (Å²) in [5.41, 5.74) is 10.6. The average molecular weight is 1040 g/mol. The second-order valence-electron chi connectivity index (χ2n) is 20.8. The molecule has 0 radical (unpaired) electrons. The van der Waals surface area contributed by atoms with Crippen molar-refractivity contribution in [2.75, 3.05) is 36.8 Å². The molecular weight excluding hydrogens is 965 g/mol. The number of carbonyl (C=O) groups excluding carboxylic acids is 2. The lowest BCUT2D eigenvalue weighted by molar-refractivity contribution is 0.101. The Kier molecular flexibility index (Phi) is 16.6. The topological polar surface area (TPSA) is 157 Å². The standard InChI is InChI=1S/2C30H35N3O3S/c2*1-21-9-6-7-12-24(21)30(34)31-28-15-16-29(26-14-8-13-25(26)28)37(35,36)32-27-17-18-33(19-22(27)2)20-23-10-4-3-5-11-23/h2*3-7,9-12,15-16,22,27,32H,8,13-14,17-20H2,1-2H3,(H,31,34)/t22-,27+;22-,27-/m10/s1. The Hall–Kier alpha value is -6.00. The van der Waals surface area contributed by atoms with Crippen LogP contribution in [0.25, 0.3) is 0 Å². The fourth-order valence-corrected chi connectivity index (χ4v) is 14.8. The van der Waals surface area contributed by atoms with E-state index in [4.69, 9.17) is 0 Å². The van der Waals surface area contributed by atoms with Gasteiger partial charge in [-0.2, -0.15) is 0 Å². The summed E-state index contributed by atoms with van der Waals surface area (Å²) in [7, 11) is -7.36. The first-order valence-electron chi connectivity index (χ1n) is 26.2. The highest BCUT2D eigenvalue weighted by molar-refractivity contribution is 7.89. The van der Waals surface area contributed by atoms with Gasteiger partial charge in [-0.25, -0.2) is 26.3 Å². The lowest BCUT2D eigenvalue weighted by Crippen LogP contribution is -2.49. The lowest BCUT2D eigenvalue weighted by Gasteiger charge is -2.37. The van der Waals surface area contributed by atoms with Gasteiger partial charge in [-0.1, -0.05) is 111 Å². The van der Waals surface area contributed by atoms with Gasteiger partial charge in [0.05, 0.1) is 9.79 Å². The predicted molar refractivity (Wildman–Crippen MR) is 294 cm³/mol. The number of aryl methyl sites for hydroxylation is 2. The molecule has 2 heterocycles. The maximum atomic E-state index is 13.6. The summed E-state index contributed by atoms with van der Waals surface area (Å²) in [6.07, 6.45) is 6.23. The predicted octanol–water partition coefficient (Wildman–Crippen LogP) is 9.85. The van der Waals surface area contributed by atoms with E-state index in [9.17, 15) is 26.4 Å². The van der Waals surface area contributed by atoms with Crippen molar-refractivity contribution in [3.8, 4) is 0 Å². The number of likely N-dealkylation sites (tertiary alicyclic amines) is 2. The number of nitrogens with zero attached hydrogens (tertiary/aromatic N) is 2. The first kappa shape index (κ1) is 52.8. The van der Waals surface area contributed by atoms with Crippen LogP contribution in [0.15, 0.2) is 143 Å². The molecular formula is C60H70N6O6S2. The summed E-state index contributed by atoms with van der Waals surface area (Å²) in [5.74, 6) is 0.0648. The first-order valence-corrected chi connectivity index (χ1v) is 29.2. The van der Waals surface area contributed by atoms with E-state index in [-0.39, 0.29) is 35.7 Å². The molecule has 0 spiro atoms. The molecule has 74 heavy (non-hydrogen) atoms. The Morgan fingerprint density at radius 2 is 0.851 bits per heavy atom. The lowest BCUT2D eigenvalue weighted by atomic mass is 9.94. The van der Waals surface area contributed by atoms with E-state index in [2.05, 4.69) is 92.3 Å². The Morgan fingerprint density at radius 1 is 0.486 bits per heavy atom. The molecule has 6 aromatic carbocycles. The smallest absolute Gasteiger partial charge is 0.255 e. The van der Waals surface area contributed by atoms with E-state index < -0.39 is 20.0 Å². The summed E-state index contributed by atoms with van der Waals surface area (Å²) in [4.78, 5) is 31.3. The van der Waals surface area contributed by atoms with Crippen molar-refractivity contribution in [3.63, 3.8) is 0 Å². The van der Waals surface area contributed by atoms with Crippen LogP contribution in [0.5, 0.6) is 0 Å². The number of hydrogen-bond donors (Lipinski definition) is 4. The number of sulfonamides is 2. The van der Waals surface area contributed by atoms with Gasteiger partial charge in [0.1, 0.15) is 0 Å². The molecule has 2 saturated heterocycles. The fraction of sp³-hybridized carbons (Fsp3) is 0.367. The van der Waals surface area contributed by atoms with Crippen LogP contribution in [-0.4, -0.2) is 76.7 Å². The van der Waals surface area contributed by atoms with Gasteiger partial charge in [0.2, 0.25) is 20.0 Å². The van der Waals surface area contributed by atoms with Crippen LogP contribution >= 0.6 is 0 Å². The molecule has 12 nitrogen and oxygen atoms in total. The van der Waals surface area contributed by atoms with Crippen molar-refractivity contribution >= 4 is 43.2 Å². The van der Waals surface area contributed by atoms with E-state index in [0.717, 1.165) is 111 Å². The highest BCUT2D eigenvalue weighted by atomic mass is 32.2. The number of anilines is 2. The molecule has 6 aromatic rings. The quantitative estimate of drug-likeness (QED) is 0.0841. The number of hydrogen-bond acceptors (Lipinski definition) is 8. The summed E-state index contributed by atoms with van der Waals surface area (Å²) in [6, 6.07) is 42.3. The second kappa shape index (κ2) is 23.3. The fourth-order valence-electron chi connectivity index (χ4n) is 11.4. The zero-order valence-electron chi connectivity index (χ0n) is 43.1. The van der Waals surface area contributed by atoms with Crippen molar-refractivity contribution in [2.45, 2.75) is 114 Å². The second-order valence-corrected chi connectivity index (χ2v) is 24.2. The summed E-state index contributed by atoms with van der Waals surface area (Å²) in [5, 5.41) is 6.06. The van der Waals surface area contributed by atoms with E-state index in [1.807, 2.05) is 62.4 Å². The Balaban J connectivity index is 0.000000182. The normalized spacial score (nSPS) is 19.9. The van der Waals surface area contributed by atoms with Crippen molar-refractivity contribution in [1.29, 1.82) is 0 Å². The molecule has 0 aromatic heterocycles. The third-order valence-electron chi connectivity index (χ3n) is 15.4. The Morgan fingerprint density at radius 3 is 1.23 bits per heavy atom. The number of carbonyl (C=O) groups is 2. The molecule has 4 aliphatic rings. The summed E-state index contributed by atoms with van der Waals surface area (Å²) < 4.78 is 60.3. The molecule has 0 bridgehead atoms. The van der Waals surface area contributed by atoms with Gasteiger partial charge in [-0.3, -0.25) is 19.4 Å². The van der Waals surface area contributed by atoms with Gasteiger partial charge in [0, 0.05) is 73.9 Å². The van der Waals surface area contributed by atoms with Gasteiger partial charge < -0.3 is 10.6 Å². The monoisotopic (exact) mass is 1030 g/mol. The van der Waals surface area contributed by atoms with Crippen LogP contribution in [0.1, 0.15) is 105 Å². The highest BCUT2D eigenvalue weighted by Crippen LogP contribution is 2.37. The van der Waals surface area contributed by atoms with Crippen LogP contribution in [0.3, 0.4) is 0 Å². The molecule has 0 unspecified atom stereocenters. The van der Waals surface area contributed by atoms with Crippen molar-refractivity contribution in [2.24, 2.45) is 11.8 Å². The van der Waals surface area contributed by atoms with E-state index in [0.29, 0.717) is 45.1 Å². The van der Waals surface area contributed by atoms with E-state index in [1.54, 1.807) is 36.4 Å². The molecule has 4 atom stereocenters. The van der Waals surface area contributed by atoms with Gasteiger partial charge in [-0.15, -0.1) is 0 Å². The number of piperidine rings is 2. The third-order valence-corrected chi connectivity index (χ3v) is 18.6. The van der Waals surface area contributed by atoms with Gasteiger partial charge in [0.25, 0.3) is 11.8 Å². The number of benzene rings is 6. The molecule has 14 heteroatoms. The maximum absolute atomic E-state index is 13.6. The number of fused-ring (bicyclic) bond motifs is 2. The number of nitrogens with one attached hydrogen (secondary N) is 4. The Labute approximate surface area is 438 Å². The average Bonchev–Trinajstić information content (AvgIpc) is 4.09. The molecule has 388 valence electrons. The zero-order chi connectivity index (χ0) is 52.0. The number of rotatable bonds is 14. The number of amides is 2. The van der Waals surface area contributed by atoms with E-state index in [1.165, 1.54) is 11.1 Å². The van der Waals surface area contributed by atoms with Crippen molar-refractivity contribution < 1.29 is 26.4 Å². The molecule has 2 fully saturated rings. The van der Waals surface area contributed by atoms with Crippen LogP contribution in [0, 0.1) is 25.7 Å². The minimum atomic E-state index is -3.68. The minimum Gasteiger partial charge on any atom is -0.322 e. The maximum Gasteiger partial charge on any atom is 0.255 e. The van der Waals surface area contributed by atoms with Crippen LogP contribution in [-0.2, 0) is 58.8 Å². The molecule has 10 rings (SSSR count). The highest BCUT2D eigenvalue weighted by Gasteiger charge is 2.35. The van der Waals surface area contributed by atoms with Crippen LogP contribution in [0.4, 0.5) is 11.4 Å². The van der Waals surface area contributed by atoms with E-state index >= 15 is 0 Å². The van der Waals surface area contributed by atoms with Crippen LogP contribution < -0.4 is 20.1 Å². The van der Waals surface area contributed by atoms with Gasteiger partial charge >= 0.3 is 0 Å². The van der Waals surface area contributed by atoms with Gasteiger partial charge in [-0.05, 0) is 158 Å². The molecule has 2 amide bonds. The van der Waals surface area contributed by atoms with Crippen LogP contribution in [0.2, 0.25) is 0 Å². The Bertz CT molecular complexity index is 2990. The molecule has 4 N–H and O–H groups in total. The summed E-state index contributed by atoms with van der Waals surface area (Å²) in [6.45, 7) is 13.2. The first-order chi connectivity index (χ1) is 35.6. The molecule has 2 aliphatic carbocycles. The summed E-state index contributed by atoms with van der Waals surface area (Å²) >= 11 is 0. The molecule has 2 aliphatic heterocycles. The third kappa shape index (κ3) is 12.4. The molecule has 0 saturated carbocycles. The largest absolute Gasteiger partial charge is 0.322 e.